The Hall–Kier alpha value is -0.305. The zero-order valence-corrected chi connectivity index (χ0v) is 12.1. The van der Waals surface area contributed by atoms with Crippen molar-refractivity contribution in [3.63, 3.8) is 0 Å². The quantitative estimate of drug-likeness (QED) is 0.698. The van der Waals surface area contributed by atoms with Gasteiger partial charge >= 0.3 is 0 Å². The summed E-state index contributed by atoms with van der Waals surface area (Å²) in [5, 5.41) is 0. The second-order valence-electron chi connectivity index (χ2n) is 6.97. The van der Waals surface area contributed by atoms with Crippen LogP contribution in [0.15, 0.2) is 0 Å². The van der Waals surface area contributed by atoms with Crippen molar-refractivity contribution in [3.05, 3.63) is 0 Å². The lowest BCUT2D eigenvalue weighted by atomic mass is 9.50. The number of hydrogen-bond donors (Lipinski definition) is 0. The van der Waals surface area contributed by atoms with E-state index in [1.165, 1.54) is 32.1 Å². The molecule has 0 saturated heterocycles. The average Bonchev–Trinajstić information content (AvgIpc) is 2.26. The molecule has 0 aliphatic heterocycles. The molecule has 0 aromatic carbocycles. The predicted octanol–water partition coefficient (Wildman–Crippen LogP) is 2.39. The van der Waals surface area contributed by atoms with Crippen molar-refractivity contribution in [2.75, 3.05) is 21.1 Å². The maximum atomic E-state index is 11.8. The van der Waals surface area contributed by atoms with Crippen molar-refractivity contribution in [1.29, 1.82) is 0 Å². The summed E-state index contributed by atoms with van der Waals surface area (Å²) >= 11 is 0. The fourth-order valence-electron chi connectivity index (χ4n) is 4.59. The number of carbonyl (C=O) groups is 1. The molecule has 0 atom stereocenters. The molecule has 4 fully saturated rings. The third kappa shape index (κ3) is 2.99. The van der Waals surface area contributed by atoms with Crippen LogP contribution in [0.3, 0.4) is 0 Å². The van der Waals surface area contributed by atoms with E-state index in [1.54, 1.807) is 0 Å². The highest BCUT2D eigenvalue weighted by Crippen LogP contribution is 2.56. The molecule has 0 unspecified atom stereocenters. The van der Waals surface area contributed by atoms with E-state index in [0.29, 0.717) is 23.5 Å². The van der Waals surface area contributed by atoms with Crippen molar-refractivity contribution in [2.24, 2.45) is 29.6 Å². The third-order valence-electron chi connectivity index (χ3n) is 4.80. The number of rotatable bonds is 2. The Morgan fingerprint density at radius 3 is 1.72 bits per heavy atom. The summed E-state index contributed by atoms with van der Waals surface area (Å²) in [6, 6.07) is 0. The first kappa shape index (κ1) is 14.1. The minimum atomic E-state index is 0.271. The van der Waals surface area contributed by atoms with Crippen LogP contribution < -0.4 is 0 Å². The van der Waals surface area contributed by atoms with Crippen LogP contribution in [0.25, 0.3) is 0 Å². The molecule has 2 nitrogen and oxygen atoms in total. The van der Waals surface area contributed by atoms with E-state index in [9.17, 15) is 4.79 Å². The molecule has 4 rings (SSSR count). The number of carbonyl (C=O) groups excluding carboxylic acids is 1. The molecule has 3 heteroatoms. The van der Waals surface area contributed by atoms with Gasteiger partial charge in [0.15, 0.2) is 0 Å². The first-order valence-corrected chi connectivity index (χ1v) is 7.35. The summed E-state index contributed by atoms with van der Waals surface area (Å²) in [6.45, 7) is 0. The van der Waals surface area contributed by atoms with Gasteiger partial charge in [-0.2, -0.15) is 0 Å². The first-order chi connectivity index (χ1) is 8.51. The maximum Gasteiger partial charge on any atom is 0.128 e. The normalized spacial score (nSPS) is 40.6. The molecule has 0 aromatic rings. The fourth-order valence-corrected chi connectivity index (χ4v) is 4.59. The summed E-state index contributed by atoms with van der Waals surface area (Å²) in [6.07, 6.45) is 7.02. The minimum Gasteiger partial charge on any atom is -0.312 e. The molecule has 0 heterocycles. The number of ketones is 1. The lowest BCUT2D eigenvalue weighted by Crippen LogP contribution is -2.47. The van der Waals surface area contributed by atoms with Crippen molar-refractivity contribution >= 4 is 13.6 Å². The van der Waals surface area contributed by atoms with E-state index in [-0.39, 0.29) is 6.32 Å². The van der Waals surface area contributed by atoms with E-state index in [1.807, 2.05) is 26.0 Å². The lowest BCUT2D eigenvalue weighted by molar-refractivity contribution is -0.133. The van der Waals surface area contributed by atoms with Crippen molar-refractivity contribution < 1.29 is 4.79 Å². The molecular formula is C15H26BNO. The van der Waals surface area contributed by atoms with Gasteiger partial charge in [-0.25, -0.2) is 0 Å². The van der Waals surface area contributed by atoms with E-state index in [2.05, 4.69) is 0 Å². The predicted molar refractivity (Wildman–Crippen MR) is 75.7 cm³/mol. The Bertz CT molecular complexity index is 272. The molecule has 100 valence electrons. The van der Waals surface area contributed by atoms with Crippen LogP contribution in [-0.4, -0.2) is 39.7 Å². The van der Waals surface area contributed by atoms with Gasteiger partial charge in [0.05, 0.1) is 7.85 Å². The van der Waals surface area contributed by atoms with E-state index in [4.69, 9.17) is 7.85 Å². The Morgan fingerprint density at radius 1 is 1.00 bits per heavy atom. The smallest absolute Gasteiger partial charge is 0.128 e. The second-order valence-corrected chi connectivity index (χ2v) is 6.97. The highest BCUT2D eigenvalue weighted by molar-refractivity contribution is 6.20. The molecule has 0 amide bonds. The van der Waals surface area contributed by atoms with Crippen molar-refractivity contribution in [3.8, 4) is 0 Å². The van der Waals surface area contributed by atoms with Gasteiger partial charge in [-0.1, -0.05) is 0 Å². The van der Waals surface area contributed by atoms with Crippen molar-refractivity contribution in [1.82, 2.24) is 4.90 Å². The third-order valence-corrected chi connectivity index (χ3v) is 4.80. The average molecular weight is 247 g/mol. The molecule has 2 radical (unpaired) electrons. The van der Waals surface area contributed by atoms with Crippen LogP contribution in [0.4, 0.5) is 0 Å². The fraction of sp³-hybridized carbons (Fsp3) is 0.933. The van der Waals surface area contributed by atoms with Gasteiger partial charge in [-0.05, 0) is 83.2 Å². The lowest BCUT2D eigenvalue weighted by Gasteiger charge is -2.53. The first-order valence-electron chi connectivity index (χ1n) is 7.35. The summed E-state index contributed by atoms with van der Waals surface area (Å²) in [7, 11) is 11.5. The van der Waals surface area contributed by atoms with Gasteiger partial charge in [-0.3, -0.25) is 0 Å². The van der Waals surface area contributed by atoms with Crippen LogP contribution >= 0.6 is 0 Å². The summed E-state index contributed by atoms with van der Waals surface area (Å²) in [5.41, 5.74) is 0. The molecular weight excluding hydrogens is 221 g/mol. The SMILES string of the molecule is CN(C)C.[B]CC(=O)C1C2CC3CC(C2)CC1C3. The zero-order valence-electron chi connectivity index (χ0n) is 12.1. The molecule has 4 saturated carbocycles. The maximum absolute atomic E-state index is 11.8. The second kappa shape index (κ2) is 5.77. The largest absolute Gasteiger partial charge is 0.312 e. The molecule has 4 aliphatic carbocycles. The van der Waals surface area contributed by atoms with Gasteiger partial charge in [0, 0.05) is 5.92 Å². The molecule has 4 bridgehead atoms. The number of hydrogen-bond acceptors (Lipinski definition) is 2. The summed E-state index contributed by atoms with van der Waals surface area (Å²) in [4.78, 5) is 13.8. The topological polar surface area (TPSA) is 20.3 Å². The molecule has 0 spiro atoms. The van der Waals surface area contributed by atoms with E-state index < -0.39 is 0 Å². The standard InChI is InChI=1S/C12H17BO.C3H9N/c13-6-11(14)12-9-2-7-1-8(4-9)5-10(12)3-7;1-4(2)3/h7-10,12H,1-6H2;1-3H3. The molecule has 0 aromatic heterocycles. The van der Waals surface area contributed by atoms with Gasteiger partial charge in [0.2, 0.25) is 0 Å². The molecule has 4 aliphatic rings. The van der Waals surface area contributed by atoms with Crippen LogP contribution in [0.5, 0.6) is 0 Å². The monoisotopic (exact) mass is 247 g/mol. The Balaban J connectivity index is 0.000000267. The molecule has 0 N–H and O–H groups in total. The summed E-state index contributed by atoms with van der Waals surface area (Å²) < 4.78 is 0. The van der Waals surface area contributed by atoms with Crippen molar-refractivity contribution in [2.45, 2.75) is 38.4 Å². The van der Waals surface area contributed by atoms with E-state index >= 15 is 0 Å². The minimum absolute atomic E-state index is 0.271. The molecule has 18 heavy (non-hydrogen) atoms. The van der Waals surface area contributed by atoms with Crippen LogP contribution in [-0.2, 0) is 4.79 Å². The highest BCUT2D eigenvalue weighted by atomic mass is 16.1. The van der Waals surface area contributed by atoms with Gasteiger partial charge in [-0.15, -0.1) is 0 Å². The van der Waals surface area contributed by atoms with Gasteiger partial charge in [0.25, 0.3) is 0 Å². The number of nitrogens with zero attached hydrogens (tertiary/aromatic N) is 1. The van der Waals surface area contributed by atoms with Crippen LogP contribution in [0.1, 0.15) is 32.1 Å². The van der Waals surface area contributed by atoms with Crippen LogP contribution in [0, 0.1) is 29.6 Å². The van der Waals surface area contributed by atoms with Gasteiger partial charge in [0.1, 0.15) is 5.78 Å². The van der Waals surface area contributed by atoms with Crippen LogP contribution in [0.2, 0.25) is 6.32 Å². The Kier molecular flexibility index (Phi) is 4.52. The van der Waals surface area contributed by atoms with E-state index in [0.717, 1.165) is 11.8 Å². The Labute approximate surface area is 113 Å². The highest BCUT2D eigenvalue weighted by Gasteiger charge is 2.49. The number of Topliss-reactive ketones (excluding diaryl/α,β-unsaturated/α-hetero) is 1. The summed E-state index contributed by atoms with van der Waals surface area (Å²) in [5.74, 6) is 4.04. The Morgan fingerprint density at radius 2 is 1.39 bits per heavy atom. The zero-order chi connectivity index (χ0) is 13.3. The van der Waals surface area contributed by atoms with Gasteiger partial charge < -0.3 is 9.69 Å².